The summed E-state index contributed by atoms with van der Waals surface area (Å²) in [6.07, 6.45) is 0. The summed E-state index contributed by atoms with van der Waals surface area (Å²) in [5, 5.41) is 0. The van der Waals surface area contributed by atoms with Crippen molar-refractivity contribution in [3.8, 4) is 0 Å². The van der Waals surface area contributed by atoms with Crippen molar-refractivity contribution in [1.29, 1.82) is 0 Å². The van der Waals surface area contributed by atoms with Gasteiger partial charge >= 0.3 is 0 Å². The van der Waals surface area contributed by atoms with E-state index in [0.29, 0.717) is 4.90 Å². The lowest BCUT2D eigenvalue weighted by Gasteiger charge is -2.06. The summed E-state index contributed by atoms with van der Waals surface area (Å²) in [7, 11) is -3.42. The Kier molecular flexibility index (Phi) is 3.44. The zero-order valence-corrected chi connectivity index (χ0v) is 13.3. The molecule has 1 saturated heterocycles. The third-order valence-corrected chi connectivity index (χ3v) is 6.08. The molecule has 0 amide bonds. The monoisotopic (exact) mass is 351 g/mol. The van der Waals surface area contributed by atoms with Gasteiger partial charge < -0.3 is 0 Å². The van der Waals surface area contributed by atoms with Crippen molar-refractivity contribution in [2.75, 3.05) is 0 Å². The zero-order chi connectivity index (χ0) is 14.3. The molecule has 5 heteroatoms. The van der Waals surface area contributed by atoms with Gasteiger partial charge in [-0.25, -0.2) is 8.42 Å². The molecule has 0 radical (unpaired) electrons. The Labute approximate surface area is 127 Å². The first-order chi connectivity index (χ1) is 9.51. The van der Waals surface area contributed by atoms with Crippen molar-refractivity contribution in [3.63, 3.8) is 0 Å². The first-order valence-corrected chi connectivity index (χ1v) is 8.59. The highest BCUT2D eigenvalue weighted by atomic mass is 79.9. The van der Waals surface area contributed by atoms with Crippen LogP contribution >= 0.6 is 15.9 Å². The Bertz CT molecular complexity index is 713. The van der Waals surface area contributed by atoms with Gasteiger partial charge in [0, 0.05) is 10.5 Å². The van der Waals surface area contributed by atoms with Crippen LogP contribution in [0, 0.1) is 0 Å². The highest BCUT2D eigenvalue weighted by Crippen LogP contribution is 2.47. The minimum absolute atomic E-state index is 0.00560. The zero-order valence-electron chi connectivity index (χ0n) is 10.9. The molecule has 0 N–H and O–H groups in total. The molecule has 0 aliphatic carbocycles. The molecule has 3 nitrogen and oxygen atoms in total. The molecule has 1 heterocycles. The number of rotatable bonds is 3. The highest BCUT2D eigenvalue weighted by molar-refractivity contribution is 9.10. The molecule has 0 bridgehead atoms. The van der Waals surface area contributed by atoms with Crippen molar-refractivity contribution >= 4 is 26.0 Å². The Morgan fingerprint density at radius 1 is 1.00 bits per heavy atom. The molecule has 1 unspecified atom stereocenters. The summed E-state index contributed by atoms with van der Waals surface area (Å²) in [6, 6.07) is 16.5. The van der Waals surface area contributed by atoms with E-state index in [0.717, 1.165) is 10.0 Å². The molecular formula is C15H14BrNO2S. The maximum absolute atomic E-state index is 12.6. The molecule has 3 rings (SSSR count). The van der Waals surface area contributed by atoms with Crippen molar-refractivity contribution in [3.05, 3.63) is 64.6 Å². The lowest BCUT2D eigenvalue weighted by Crippen LogP contribution is -2.14. The third kappa shape index (κ3) is 2.30. The minimum Gasteiger partial charge on any atom is -0.207 e. The van der Waals surface area contributed by atoms with E-state index in [1.54, 1.807) is 28.6 Å². The van der Waals surface area contributed by atoms with Crippen LogP contribution in [-0.4, -0.2) is 18.8 Å². The summed E-state index contributed by atoms with van der Waals surface area (Å²) >= 11 is 3.32. The Morgan fingerprint density at radius 3 is 2.20 bits per heavy atom. The summed E-state index contributed by atoms with van der Waals surface area (Å²) < 4.78 is 27.7. The van der Waals surface area contributed by atoms with Gasteiger partial charge in [-0.05, 0) is 36.8 Å². The molecule has 1 aliphatic rings. The molecule has 0 spiro atoms. The normalized spacial score (nSPS) is 25.4. The average Bonchev–Trinajstić information content (AvgIpc) is 3.13. The van der Waals surface area contributed by atoms with E-state index in [4.69, 9.17) is 0 Å². The van der Waals surface area contributed by atoms with Gasteiger partial charge in [-0.2, -0.15) is 4.31 Å². The molecule has 2 aromatic carbocycles. The second-order valence-electron chi connectivity index (χ2n) is 4.89. The van der Waals surface area contributed by atoms with E-state index < -0.39 is 10.0 Å². The van der Waals surface area contributed by atoms with Crippen LogP contribution in [0.2, 0.25) is 0 Å². The van der Waals surface area contributed by atoms with E-state index in [-0.39, 0.29) is 12.1 Å². The fraction of sp³-hybridized carbons (Fsp3) is 0.200. The molecule has 20 heavy (non-hydrogen) atoms. The highest BCUT2D eigenvalue weighted by Gasteiger charge is 2.53. The lowest BCUT2D eigenvalue weighted by atomic mass is 10.1. The van der Waals surface area contributed by atoms with Gasteiger partial charge in [0.25, 0.3) is 0 Å². The van der Waals surface area contributed by atoms with Crippen molar-refractivity contribution in [2.24, 2.45) is 0 Å². The SMILES string of the molecule is C[C@@H]1[C@@H](c2ccccc2)N1S(=O)(=O)c1ccc(Br)cc1. The Morgan fingerprint density at radius 2 is 1.60 bits per heavy atom. The van der Waals surface area contributed by atoms with Gasteiger partial charge in [0.05, 0.1) is 10.9 Å². The Balaban J connectivity index is 1.92. The minimum atomic E-state index is -3.42. The van der Waals surface area contributed by atoms with Gasteiger partial charge in [-0.15, -0.1) is 0 Å². The van der Waals surface area contributed by atoms with Crippen molar-refractivity contribution < 1.29 is 8.42 Å². The van der Waals surface area contributed by atoms with Crippen LogP contribution in [0.25, 0.3) is 0 Å². The fourth-order valence-electron chi connectivity index (χ4n) is 2.49. The number of nitrogens with zero attached hydrogens (tertiary/aromatic N) is 1. The maximum atomic E-state index is 12.6. The van der Waals surface area contributed by atoms with E-state index in [9.17, 15) is 8.42 Å². The smallest absolute Gasteiger partial charge is 0.207 e. The third-order valence-electron chi connectivity index (χ3n) is 3.57. The molecule has 0 saturated carbocycles. The maximum Gasteiger partial charge on any atom is 0.243 e. The van der Waals surface area contributed by atoms with Gasteiger partial charge in [0.2, 0.25) is 10.0 Å². The number of halogens is 1. The Hall–Kier alpha value is -1.17. The van der Waals surface area contributed by atoms with E-state index >= 15 is 0 Å². The number of hydrogen-bond acceptors (Lipinski definition) is 2. The summed E-state index contributed by atoms with van der Waals surface area (Å²) in [4.78, 5) is 0.339. The van der Waals surface area contributed by atoms with Crippen LogP contribution in [0.5, 0.6) is 0 Å². The van der Waals surface area contributed by atoms with Crippen molar-refractivity contribution in [1.82, 2.24) is 4.31 Å². The van der Waals surface area contributed by atoms with Crippen molar-refractivity contribution in [2.45, 2.75) is 23.9 Å². The predicted molar refractivity (Wildman–Crippen MR) is 81.8 cm³/mol. The molecule has 0 aromatic heterocycles. The summed E-state index contributed by atoms with van der Waals surface area (Å²) in [5.41, 5.74) is 1.04. The van der Waals surface area contributed by atoms with E-state index in [1.165, 1.54) is 0 Å². The predicted octanol–water partition coefficient (Wildman–Crippen LogP) is 3.58. The quantitative estimate of drug-likeness (QED) is 0.792. The second kappa shape index (κ2) is 4.98. The first-order valence-electron chi connectivity index (χ1n) is 6.36. The average molecular weight is 352 g/mol. The van der Waals surface area contributed by atoms with Crippen LogP contribution < -0.4 is 0 Å². The largest absolute Gasteiger partial charge is 0.243 e. The van der Waals surface area contributed by atoms with Crippen LogP contribution in [0.1, 0.15) is 18.5 Å². The summed E-state index contributed by atoms with van der Waals surface area (Å²) in [5.74, 6) is 0. The summed E-state index contributed by atoms with van der Waals surface area (Å²) in [6.45, 7) is 1.94. The number of hydrogen-bond donors (Lipinski definition) is 0. The van der Waals surface area contributed by atoms with Gasteiger partial charge in [0.1, 0.15) is 0 Å². The second-order valence-corrected chi connectivity index (χ2v) is 7.64. The van der Waals surface area contributed by atoms with E-state index in [2.05, 4.69) is 15.9 Å². The molecule has 104 valence electrons. The number of benzene rings is 2. The van der Waals surface area contributed by atoms with E-state index in [1.807, 2.05) is 37.3 Å². The van der Waals surface area contributed by atoms with Crippen LogP contribution in [0.15, 0.2) is 64.0 Å². The van der Waals surface area contributed by atoms with Gasteiger partial charge in [-0.3, -0.25) is 0 Å². The molecule has 1 fully saturated rings. The molecule has 2 aromatic rings. The van der Waals surface area contributed by atoms with Gasteiger partial charge in [0.15, 0.2) is 0 Å². The molecule has 3 atom stereocenters. The van der Waals surface area contributed by atoms with Crippen LogP contribution in [0.4, 0.5) is 0 Å². The van der Waals surface area contributed by atoms with Crippen LogP contribution in [0.3, 0.4) is 0 Å². The molecule has 1 aliphatic heterocycles. The van der Waals surface area contributed by atoms with Gasteiger partial charge in [-0.1, -0.05) is 46.3 Å². The molecular weight excluding hydrogens is 338 g/mol. The van der Waals surface area contributed by atoms with Crippen LogP contribution in [-0.2, 0) is 10.0 Å². The standard InChI is InChI=1S/C15H14BrNO2S/c1-11-15(12-5-3-2-4-6-12)17(11)20(18,19)14-9-7-13(16)8-10-14/h2-11,15H,1H3/t11-,15+,17?/m1/s1. The lowest BCUT2D eigenvalue weighted by molar-refractivity contribution is 0.548. The first kappa shape index (κ1) is 13.8. The number of sulfonamides is 1. The fourth-order valence-corrected chi connectivity index (χ4v) is 4.58. The topological polar surface area (TPSA) is 37.1 Å².